The van der Waals surface area contributed by atoms with Crippen LogP contribution >= 0.6 is 0 Å². The fourth-order valence-corrected chi connectivity index (χ4v) is 2.09. The van der Waals surface area contributed by atoms with Crippen molar-refractivity contribution >= 4 is 22.3 Å². The fourth-order valence-electron chi connectivity index (χ4n) is 2.09. The summed E-state index contributed by atoms with van der Waals surface area (Å²) in [5.74, 6) is 0. The Hall–Kier alpha value is -2.56. The van der Waals surface area contributed by atoms with Crippen LogP contribution in [0.1, 0.15) is 11.3 Å². The molecule has 0 atom stereocenters. The Labute approximate surface area is 110 Å². The summed E-state index contributed by atoms with van der Waals surface area (Å²) < 4.78 is 0. The van der Waals surface area contributed by atoms with Crippen LogP contribution in [0.15, 0.2) is 36.7 Å². The molecule has 0 saturated carbocycles. The van der Waals surface area contributed by atoms with E-state index in [2.05, 4.69) is 20.5 Å². The number of rotatable bonds is 3. The zero-order chi connectivity index (χ0) is 13.2. The van der Waals surface area contributed by atoms with E-state index in [0.717, 1.165) is 34.4 Å². The topological polar surface area (TPSA) is 79.6 Å². The zero-order valence-electron chi connectivity index (χ0n) is 10.6. The predicted molar refractivity (Wildman–Crippen MR) is 76.8 cm³/mol. The van der Waals surface area contributed by atoms with Crippen molar-refractivity contribution in [3.8, 4) is 0 Å². The van der Waals surface area contributed by atoms with Crippen molar-refractivity contribution in [3.63, 3.8) is 0 Å². The Morgan fingerprint density at radius 2 is 2.21 bits per heavy atom. The van der Waals surface area contributed by atoms with Crippen molar-refractivity contribution in [2.45, 2.75) is 13.5 Å². The first kappa shape index (κ1) is 11.5. The van der Waals surface area contributed by atoms with Crippen LogP contribution in [0.2, 0.25) is 0 Å². The SMILES string of the molecule is Cc1[nH]ncc1CNc1ccc(N)c2ncccc12. The van der Waals surface area contributed by atoms with Gasteiger partial charge in [-0.25, -0.2) is 0 Å². The smallest absolute Gasteiger partial charge is 0.0951 e. The third-order valence-electron chi connectivity index (χ3n) is 3.20. The third kappa shape index (κ3) is 2.10. The number of hydrogen-bond acceptors (Lipinski definition) is 4. The van der Waals surface area contributed by atoms with E-state index in [-0.39, 0.29) is 0 Å². The Kier molecular flexibility index (Phi) is 2.79. The molecule has 0 aliphatic carbocycles. The minimum atomic E-state index is 0.695. The van der Waals surface area contributed by atoms with Crippen LogP contribution in [0.25, 0.3) is 10.9 Å². The van der Waals surface area contributed by atoms with Gasteiger partial charge in [0.05, 0.1) is 17.4 Å². The van der Waals surface area contributed by atoms with Gasteiger partial charge in [0, 0.05) is 35.1 Å². The van der Waals surface area contributed by atoms with Crippen molar-refractivity contribution in [1.82, 2.24) is 15.2 Å². The van der Waals surface area contributed by atoms with Crippen molar-refractivity contribution < 1.29 is 0 Å². The number of aromatic nitrogens is 3. The molecule has 5 heteroatoms. The number of nitrogens with zero attached hydrogens (tertiary/aromatic N) is 2. The van der Waals surface area contributed by atoms with Crippen LogP contribution in [0.5, 0.6) is 0 Å². The van der Waals surface area contributed by atoms with Crippen molar-refractivity contribution in [3.05, 3.63) is 47.9 Å². The van der Waals surface area contributed by atoms with Gasteiger partial charge in [-0.2, -0.15) is 5.10 Å². The number of anilines is 2. The predicted octanol–water partition coefficient (Wildman–Crippen LogP) is 2.46. The molecule has 0 aliphatic heterocycles. The highest BCUT2D eigenvalue weighted by molar-refractivity contribution is 5.98. The Morgan fingerprint density at radius 3 is 3.00 bits per heavy atom. The maximum absolute atomic E-state index is 5.93. The summed E-state index contributed by atoms with van der Waals surface area (Å²) in [5, 5.41) is 11.4. The summed E-state index contributed by atoms with van der Waals surface area (Å²) in [7, 11) is 0. The number of nitrogens with two attached hydrogens (primary N) is 1. The molecule has 3 rings (SSSR count). The van der Waals surface area contributed by atoms with E-state index in [1.807, 2.05) is 37.4 Å². The summed E-state index contributed by atoms with van der Waals surface area (Å²) in [6, 6.07) is 7.79. The summed E-state index contributed by atoms with van der Waals surface area (Å²) >= 11 is 0. The van der Waals surface area contributed by atoms with Crippen LogP contribution in [-0.4, -0.2) is 15.2 Å². The molecule has 0 fully saturated rings. The summed E-state index contributed by atoms with van der Waals surface area (Å²) in [5.41, 5.74) is 10.7. The lowest BCUT2D eigenvalue weighted by molar-refractivity contribution is 1.04. The lowest BCUT2D eigenvalue weighted by Gasteiger charge is -2.10. The summed E-state index contributed by atoms with van der Waals surface area (Å²) in [6.45, 7) is 2.73. The van der Waals surface area contributed by atoms with Gasteiger partial charge in [-0.3, -0.25) is 10.1 Å². The quantitative estimate of drug-likeness (QED) is 0.626. The van der Waals surface area contributed by atoms with Gasteiger partial charge in [0.15, 0.2) is 0 Å². The molecule has 0 radical (unpaired) electrons. The maximum atomic E-state index is 5.93. The largest absolute Gasteiger partial charge is 0.397 e. The average molecular weight is 253 g/mol. The molecule has 1 aromatic carbocycles. The van der Waals surface area contributed by atoms with Crippen molar-refractivity contribution in [2.24, 2.45) is 0 Å². The molecular formula is C14H15N5. The minimum absolute atomic E-state index is 0.695. The second kappa shape index (κ2) is 4.61. The van der Waals surface area contributed by atoms with E-state index in [1.165, 1.54) is 0 Å². The molecule has 3 aromatic rings. The number of pyridine rings is 1. The zero-order valence-corrected chi connectivity index (χ0v) is 10.6. The van der Waals surface area contributed by atoms with Gasteiger partial charge in [0.1, 0.15) is 0 Å². The van der Waals surface area contributed by atoms with Gasteiger partial charge in [0.2, 0.25) is 0 Å². The standard InChI is InChI=1S/C14H15N5/c1-9-10(8-18-19-9)7-17-13-5-4-12(15)14-11(13)3-2-6-16-14/h2-6,8,17H,7,15H2,1H3,(H,18,19). The van der Waals surface area contributed by atoms with Crippen molar-refractivity contribution in [2.75, 3.05) is 11.1 Å². The summed E-state index contributed by atoms with van der Waals surface area (Å²) in [6.07, 6.45) is 3.59. The number of aromatic amines is 1. The number of hydrogen-bond donors (Lipinski definition) is 3. The van der Waals surface area contributed by atoms with Gasteiger partial charge in [-0.1, -0.05) is 0 Å². The molecule has 19 heavy (non-hydrogen) atoms. The van der Waals surface area contributed by atoms with E-state index in [4.69, 9.17) is 5.73 Å². The lowest BCUT2D eigenvalue weighted by Crippen LogP contribution is -2.01. The molecule has 0 unspecified atom stereocenters. The molecule has 2 aromatic heterocycles. The van der Waals surface area contributed by atoms with E-state index >= 15 is 0 Å². The minimum Gasteiger partial charge on any atom is -0.397 e. The normalized spacial score (nSPS) is 10.8. The Morgan fingerprint density at radius 1 is 1.32 bits per heavy atom. The lowest BCUT2D eigenvalue weighted by atomic mass is 10.1. The Balaban J connectivity index is 1.93. The molecule has 0 spiro atoms. The van der Waals surface area contributed by atoms with Crippen LogP contribution in [0, 0.1) is 6.92 Å². The molecule has 4 N–H and O–H groups in total. The molecular weight excluding hydrogens is 238 g/mol. The summed E-state index contributed by atoms with van der Waals surface area (Å²) in [4.78, 5) is 4.32. The first-order valence-electron chi connectivity index (χ1n) is 6.11. The number of benzene rings is 1. The maximum Gasteiger partial charge on any atom is 0.0951 e. The van der Waals surface area contributed by atoms with Gasteiger partial charge in [-0.15, -0.1) is 0 Å². The number of nitrogen functional groups attached to an aromatic ring is 1. The van der Waals surface area contributed by atoms with E-state index in [9.17, 15) is 0 Å². The van der Waals surface area contributed by atoms with Gasteiger partial charge < -0.3 is 11.1 Å². The second-order valence-electron chi connectivity index (χ2n) is 4.48. The van der Waals surface area contributed by atoms with Crippen LogP contribution in [0.4, 0.5) is 11.4 Å². The molecule has 0 amide bonds. The van der Waals surface area contributed by atoms with Crippen LogP contribution in [0.3, 0.4) is 0 Å². The van der Waals surface area contributed by atoms with E-state index < -0.39 is 0 Å². The Bertz CT molecular complexity index is 717. The van der Waals surface area contributed by atoms with Gasteiger partial charge in [-0.05, 0) is 31.2 Å². The van der Waals surface area contributed by atoms with Gasteiger partial charge >= 0.3 is 0 Å². The molecule has 96 valence electrons. The van der Waals surface area contributed by atoms with Gasteiger partial charge in [0.25, 0.3) is 0 Å². The van der Waals surface area contributed by atoms with E-state index in [0.29, 0.717) is 5.69 Å². The number of fused-ring (bicyclic) bond motifs is 1. The van der Waals surface area contributed by atoms with Crippen molar-refractivity contribution in [1.29, 1.82) is 0 Å². The molecule has 0 bridgehead atoms. The molecule has 2 heterocycles. The average Bonchev–Trinajstić information content (AvgIpc) is 2.84. The van der Waals surface area contributed by atoms with Crippen LogP contribution in [-0.2, 0) is 6.54 Å². The van der Waals surface area contributed by atoms with Crippen LogP contribution < -0.4 is 11.1 Å². The molecule has 5 nitrogen and oxygen atoms in total. The second-order valence-corrected chi connectivity index (χ2v) is 4.48. The number of aryl methyl sites for hydroxylation is 1. The fraction of sp³-hybridized carbons (Fsp3) is 0.143. The highest BCUT2D eigenvalue weighted by Gasteiger charge is 2.05. The third-order valence-corrected chi connectivity index (χ3v) is 3.20. The number of H-pyrrole nitrogens is 1. The first-order valence-corrected chi connectivity index (χ1v) is 6.11. The first-order chi connectivity index (χ1) is 9.25. The monoisotopic (exact) mass is 253 g/mol. The number of nitrogens with one attached hydrogen (secondary N) is 2. The molecule has 0 aliphatic rings. The molecule has 0 saturated heterocycles. The van der Waals surface area contributed by atoms with E-state index in [1.54, 1.807) is 6.20 Å². The highest BCUT2D eigenvalue weighted by Crippen LogP contribution is 2.26. The highest BCUT2D eigenvalue weighted by atomic mass is 15.1.